The quantitative estimate of drug-likeness (QED) is 0.589. The first-order valence-corrected chi connectivity index (χ1v) is 8.16. The lowest BCUT2D eigenvalue weighted by Crippen LogP contribution is -2.20. The molecule has 0 aromatic carbocycles. The monoisotopic (exact) mass is 326 g/mol. The summed E-state index contributed by atoms with van der Waals surface area (Å²) in [6.07, 6.45) is 1.14. The van der Waals surface area contributed by atoms with Crippen LogP contribution >= 0.6 is 0 Å². The van der Waals surface area contributed by atoms with E-state index < -0.39 is 0 Å². The van der Waals surface area contributed by atoms with Crippen LogP contribution in [0.3, 0.4) is 0 Å². The van der Waals surface area contributed by atoms with Crippen molar-refractivity contribution in [1.82, 2.24) is 14.9 Å². The Balaban J connectivity index is 2.53. The van der Waals surface area contributed by atoms with Gasteiger partial charge in [-0.15, -0.1) is 0 Å². The van der Waals surface area contributed by atoms with Crippen molar-refractivity contribution in [2.75, 3.05) is 52.3 Å². The molecular weight excluding hydrogens is 296 g/mol. The van der Waals surface area contributed by atoms with Crippen LogP contribution in [0.25, 0.3) is 0 Å². The predicted molar refractivity (Wildman–Crippen MR) is 91.4 cm³/mol. The van der Waals surface area contributed by atoms with Gasteiger partial charge in [-0.2, -0.15) is 9.97 Å². The maximum Gasteiger partial charge on any atom is 0.229 e. The van der Waals surface area contributed by atoms with Crippen LogP contribution in [-0.4, -0.2) is 68.0 Å². The molecule has 0 saturated carbocycles. The van der Waals surface area contributed by atoms with Gasteiger partial charge in [0.2, 0.25) is 17.7 Å². The normalized spacial score (nSPS) is 11.1. The van der Waals surface area contributed by atoms with Crippen molar-refractivity contribution in [3.8, 4) is 11.8 Å². The first kappa shape index (κ1) is 19.4. The molecule has 0 bridgehead atoms. The highest BCUT2D eigenvalue weighted by Gasteiger charge is 2.07. The highest BCUT2D eigenvalue weighted by Crippen LogP contribution is 2.18. The van der Waals surface area contributed by atoms with Gasteiger partial charge in [0.15, 0.2) is 0 Å². The van der Waals surface area contributed by atoms with Crippen LogP contribution in [-0.2, 0) is 4.74 Å². The molecule has 0 atom stereocenters. The van der Waals surface area contributed by atoms with Gasteiger partial charge in [0.1, 0.15) is 6.61 Å². The highest BCUT2D eigenvalue weighted by atomic mass is 16.5. The number of nitrogens with zero attached hydrogens (tertiary/aromatic N) is 3. The zero-order valence-corrected chi connectivity index (χ0v) is 15.0. The van der Waals surface area contributed by atoms with E-state index in [2.05, 4.69) is 20.2 Å². The maximum absolute atomic E-state index is 5.67. The summed E-state index contributed by atoms with van der Waals surface area (Å²) in [5.74, 6) is 1.55. The summed E-state index contributed by atoms with van der Waals surface area (Å²) >= 11 is 0. The predicted octanol–water partition coefficient (Wildman–Crippen LogP) is 2.04. The molecule has 0 spiro atoms. The fourth-order valence-corrected chi connectivity index (χ4v) is 1.70. The van der Waals surface area contributed by atoms with Crippen LogP contribution in [0.4, 0.5) is 5.95 Å². The third-order valence-corrected chi connectivity index (χ3v) is 2.82. The van der Waals surface area contributed by atoms with E-state index in [1.807, 2.05) is 34.9 Å². The van der Waals surface area contributed by atoms with Crippen molar-refractivity contribution >= 4 is 5.95 Å². The van der Waals surface area contributed by atoms with E-state index >= 15 is 0 Å². The minimum absolute atomic E-state index is 0.254. The largest absolute Gasteiger partial charge is 0.478 e. The average molecular weight is 326 g/mol. The van der Waals surface area contributed by atoms with Crippen LogP contribution in [0.2, 0.25) is 0 Å². The number of likely N-dealkylation sites (N-methyl/N-ethyl adjacent to an activating group) is 1. The fraction of sp³-hybridized carbons (Fsp3) is 0.750. The van der Waals surface area contributed by atoms with Gasteiger partial charge in [-0.25, -0.2) is 0 Å². The highest BCUT2D eigenvalue weighted by molar-refractivity contribution is 5.33. The summed E-state index contributed by atoms with van der Waals surface area (Å²) in [6.45, 7) is 9.36. The van der Waals surface area contributed by atoms with E-state index in [0.717, 1.165) is 19.5 Å². The fourth-order valence-electron chi connectivity index (χ4n) is 1.70. The second-order valence-electron chi connectivity index (χ2n) is 5.65. The van der Waals surface area contributed by atoms with E-state index in [1.54, 1.807) is 6.07 Å². The second-order valence-corrected chi connectivity index (χ2v) is 5.65. The molecule has 0 aliphatic carbocycles. The molecule has 7 heteroatoms. The molecule has 23 heavy (non-hydrogen) atoms. The molecule has 0 aliphatic heterocycles. The number of aromatic nitrogens is 2. The number of nitrogens with one attached hydrogen (secondary N) is 1. The Morgan fingerprint density at radius 1 is 1.13 bits per heavy atom. The lowest BCUT2D eigenvalue weighted by molar-refractivity contribution is 0.0787. The summed E-state index contributed by atoms with van der Waals surface area (Å²) in [5, 5.41) is 3.18. The SMILES string of the molecule is CCOc1cc(OCCN(C)C)nc(NCCCOC(C)C)n1. The topological polar surface area (TPSA) is 68.7 Å². The summed E-state index contributed by atoms with van der Waals surface area (Å²) in [6, 6.07) is 1.71. The molecule has 0 unspecified atom stereocenters. The van der Waals surface area contributed by atoms with E-state index in [4.69, 9.17) is 14.2 Å². The second kappa shape index (κ2) is 11.0. The van der Waals surface area contributed by atoms with Crippen LogP contribution in [0.15, 0.2) is 6.07 Å². The summed E-state index contributed by atoms with van der Waals surface area (Å²) < 4.78 is 16.6. The molecule has 0 amide bonds. The minimum Gasteiger partial charge on any atom is -0.478 e. The molecule has 0 saturated heterocycles. The van der Waals surface area contributed by atoms with Crippen LogP contribution in [0.1, 0.15) is 27.2 Å². The molecule has 1 N–H and O–H groups in total. The van der Waals surface area contributed by atoms with Crippen molar-refractivity contribution in [1.29, 1.82) is 0 Å². The maximum atomic E-state index is 5.67. The van der Waals surface area contributed by atoms with Gasteiger partial charge in [-0.1, -0.05) is 0 Å². The van der Waals surface area contributed by atoms with Crippen molar-refractivity contribution in [3.63, 3.8) is 0 Å². The van der Waals surface area contributed by atoms with Gasteiger partial charge in [0, 0.05) is 19.7 Å². The summed E-state index contributed by atoms with van der Waals surface area (Å²) in [4.78, 5) is 10.7. The van der Waals surface area contributed by atoms with Gasteiger partial charge in [0.05, 0.1) is 18.8 Å². The zero-order chi connectivity index (χ0) is 17.1. The van der Waals surface area contributed by atoms with Crippen LogP contribution < -0.4 is 14.8 Å². The third-order valence-electron chi connectivity index (χ3n) is 2.82. The Morgan fingerprint density at radius 2 is 1.83 bits per heavy atom. The molecular formula is C16H30N4O3. The molecule has 0 radical (unpaired) electrons. The lowest BCUT2D eigenvalue weighted by atomic mass is 10.4. The first-order valence-electron chi connectivity index (χ1n) is 8.16. The number of rotatable bonds is 12. The van der Waals surface area contributed by atoms with E-state index in [0.29, 0.717) is 37.5 Å². The van der Waals surface area contributed by atoms with E-state index in [-0.39, 0.29) is 6.10 Å². The Bertz CT molecular complexity index is 441. The number of hydrogen-bond donors (Lipinski definition) is 1. The summed E-state index contributed by atoms with van der Waals surface area (Å²) in [5.41, 5.74) is 0. The van der Waals surface area contributed by atoms with Crippen molar-refractivity contribution < 1.29 is 14.2 Å². The molecule has 1 aromatic heterocycles. The van der Waals surface area contributed by atoms with Gasteiger partial charge >= 0.3 is 0 Å². The van der Waals surface area contributed by atoms with Gasteiger partial charge in [-0.3, -0.25) is 0 Å². The molecule has 7 nitrogen and oxygen atoms in total. The molecule has 1 heterocycles. The molecule has 1 aromatic rings. The Hall–Kier alpha value is -1.60. The zero-order valence-electron chi connectivity index (χ0n) is 15.0. The third kappa shape index (κ3) is 9.20. The average Bonchev–Trinajstić information content (AvgIpc) is 2.46. The van der Waals surface area contributed by atoms with Crippen LogP contribution in [0.5, 0.6) is 11.8 Å². The van der Waals surface area contributed by atoms with Gasteiger partial charge < -0.3 is 24.4 Å². The van der Waals surface area contributed by atoms with Crippen molar-refractivity contribution in [3.05, 3.63) is 6.07 Å². The summed E-state index contributed by atoms with van der Waals surface area (Å²) in [7, 11) is 4.00. The van der Waals surface area contributed by atoms with Crippen LogP contribution in [0, 0.1) is 0 Å². The first-order chi connectivity index (χ1) is 11.0. The molecule has 1 rings (SSSR count). The lowest BCUT2D eigenvalue weighted by Gasteiger charge is -2.13. The van der Waals surface area contributed by atoms with Crippen molar-refractivity contribution in [2.24, 2.45) is 0 Å². The molecule has 0 aliphatic rings. The van der Waals surface area contributed by atoms with E-state index in [9.17, 15) is 0 Å². The Kier molecular flexibility index (Phi) is 9.31. The number of hydrogen-bond acceptors (Lipinski definition) is 7. The van der Waals surface area contributed by atoms with E-state index in [1.165, 1.54) is 0 Å². The van der Waals surface area contributed by atoms with Gasteiger partial charge in [0.25, 0.3) is 0 Å². The molecule has 0 fully saturated rings. The molecule has 132 valence electrons. The minimum atomic E-state index is 0.254. The number of ether oxygens (including phenoxy) is 3. The Morgan fingerprint density at radius 3 is 2.43 bits per heavy atom. The standard InChI is InChI=1S/C16H30N4O3/c1-6-21-14-12-15(23-11-9-20(4)5)19-16(18-14)17-8-7-10-22-13(2)3/h12-13H,6-11H2,1-5H3,(H,17,18,19). The Labute approximate surface area is 139 Å². The van der Waals surface area contributed by atoms with Crippen molar-refractivity contribution in [2.45, 2.75) is 33.3 Å². The number of anilines is 1. The smallest absolute Gasteiger partial charge is 0.229 e. The van der Waals surface area contributed by atoms with Gasteiger partial charge in [-0.05, 0) is 41.3 Å².